The van der Waals surface area contributed by atoms with Crippen molar-refractivity contribution < 1.29 is 8.42 Å². The predicted molar refractivity (Wildman–Crippen MR) is 67.0 cm³/mol. The van der Waals surface area contributed by atoms with E-state index in [0.29, 0.717) is 5.69 Å². The Hall–Kier alpha value is -0.260. The predicted octanol–water partition coefficient (Wildman–Crippen LogP) is 2.74. The van der Waals surface area contributed by atoms with Gasteiger partial charge in [-0.25, -0.2) is 8.42 Å². The molecular formula is C9H11BrClNO2S. The number of sulfonamides is 1. The first kappa shape index (κ1) is 12.8. The molecular weight excluding hydrogens is 302 g/mol. The van der Waals surface area contributed by atoms with Gasteiger partial charge in [0.25, 0.3) is 0 Å². The molecule has 0 spiro atoms. The van der Waals surface area contributed by atoms with Crippen molar-refractivity contribution in [3.63, 3.8) is 0 Å². The fourth-order valence-electron chi connectivity index (χ4n) is 1.05. The smallest absolute Gasteiger partial charge is 0.233 e. The number of rotatable bonds is 4. The van der Waals surface area contributed by atoms with Gasteiger partial charge in [-0.05, 0) is 34.5 Å². The maximum absolute atomic E-state index is 11.4. The van der Waals surface area contributed by atoms with Gasteiger partial charge in [0, 0.05) is 10.4 Å². The highest BCUT2D eigenvalue weighted by atomic mass is 79.9. The summed E-state index contributed by atoms with van der Waals surface area (Å²) < 4.78 is 26.1. The molecule has 15 heavy (non-hydrogen) atoms. The van der Waals surface area contributed by atoms with Crippen molar-refractivity contribution in [1.82, 2.24) is 0 Å². The number of aryl methyl sites for hydroxylation is 1. The van der Waals surface area contributed by atoms with Crippen LogP contribution < -0.4 is 4.72 Å². The average molecular weight is 313 g/mol. The van der Waals surface area contributed by atoms with Crippen LogP contribution in [0.1, 0.15) is 5.56 Å². The van der Waals surface area contributed by atoms with Gasteiger partial charge >= 0.3 is 0 Å². The molecule has 0 unspecified atom stereocenters. The Kier molecular flexibility index (Phi) is 4.43. The molecule has 0 heterocycles. The summed E-state index contributed by atoms with van der Waals surface area (Å²) >= 11 is 8.72. The number of benzene rings is 1. The summed E-state index contributed by atoms with van der Waals surface area (Å²) in [5.74, 6) is -0.00624. The van der Waals surface area contributed by atoms with Crippen LogP contribution in [0.25, 0.3) is 0 Å². The molecule has 3 nitrogen and oxygen atoms in total. The highest BCUT2D eigenvalue weighted by Crippen LogP contribution is 2.26. The number of anilines is 1. The average Bonchev–Trinajstić information content (AvgIpc) is 2.12. The second kappa shape index (κ2) is 5.18. The van der Waals surface area contributed by atoms with Crippen LogP contribution in [0.5, 0.6) is 0 Å². The molecule has 0 amide bonds. The Bertz CT molecular complexity index is 447. The van der Waals surface area contributed by atoms with Gasteiger partial charge in [0.15, 0.2) is 0 Å². The standard InChI is InChI=1S/C9H11BrClNO2S/c1-7-3-2-4-8(9(7)10)12-15(13,14)6-5-11/h2-4,12H,5-6H2,1H3. The normalized spacial score (nSPS) is 11.4. The second-order valence-corrected chi connectivity index (χ2v) is 6.06. The second-order valence-electron chi connectivity index (χ2n) is 3.05. The van der Waals surface area contributed by atoms with Crippen molar-refractivity contribution in [3.8, 4) is 0 Å². The summed E-state index contributed by atoms with van der Waals surface area (Å²) in [6, 6.07) is 5.38. The van der Waals surface area contributed by atoms with E-state index in [4.69, 9.17) is 11.6 Å². The zero-order valence-electron chi connectivity index (χ0n) is 8.13. The number of hydrogen-bond acceptors (Lipinski definition) is 2. The van der Waals surface area contributed by atoms with Gasteiger partial charge in [-0.1, -0.05) is 12.1 Å². The fourth-order valence-corrected chi connectivity index (χ4v) is 2.96. The van der Waals surface area contributed by atoms with Gasteiger partial charge in [-0.3, -0.25) is 4.72 Å². The van der Waals surface area contributed by atoms with E-state index in [1.165, 1.54) is 0 Å². The minimum absolute atomic E-state index is 0.0821. The van der Waals surface area contributed by atoms with E-state index in [0.717, 1.165) is 10.0 Å². The lowest BCUT2D eigenvalue weighted by molar-refractivity contribution is 0.602. The Labute approximate surface area is 103 Å². The molecule has 0 aliphatic heterocycles. The molecule has 1 rings (SSSR count). The number of nitrogens with one attached hydrogen (secondary N) is 1. The van der Waals surface area contributed by atoms with Gasteiger partial charge in [0.1, 0.15) is 0 Å². The van der Waals surface area contributed by atoms with Crippen LogP contribution >= 0.6 is 27.5 Å². The molecule has 1 aromatic carbocycles. The van der Waals surface area contributed by atoms with Crippen LogP contribution in [-0.2, 0) is 10.0 Å². The lowest BCUT2D eigenvalue weighted by atomic mass is 10.2. The van der Waals surface area contributed by atoms with Crippen molar-refractivity contribution in [1.29, 1.82) is 0 Å². The van der Waals surface area contributed by atoms with Crippen molar-refractivity contribution in [3.05, 3.63) is 28.2 Å². The largest absolute Gasteiger partial charge is 0.282 e. The molecule has 1 N–H and O–H groups in total. The lowest BCUT2D eigenvalue weighted by Crippen LogP contribution is -2.17. The maximum atomic E-state index is 11.4. The first-order valence-corrected chi connectivity index (χ1v) is 7.26. The summed E-state index contributed by atoms with van der Waals surface area (Å²) in [5.41, 5.74) is 1.51. The fraction of sp³-hybridized carbons (Fsp3) is 0.333. The lowest BCUT2D eigenvalue weighted by Gasteiger charge is -2.09. The van der Waals surface area contributed by atoms with Crippen molar-refractivity contribution in [2.45, 2.75) is 6.92 Å². The van der Waals surface area contributed by atoms with E-state index in [2.05, 4.69) is 20.7 Å². The summed E-state index contributed by atoms with van der Waals surface area (Å²) in [4.78, 5) is 0. The zero-order chi connectivity index (χ0) is 11.5. The van der Waals surface area contributed by atoms with Crippen LogP contribution in [0.15, 0.2) is 22.7 Å². The van der Waals surface area contributed by atoms with E-state index in [1.54, 1.807) is 12.1 Å². The van der Waals surface area contributed by atoms with Crippen LogP contribution in [-0.4, -0.2) is 20.1 Å². The van der Waals surface area contributed by atoms with Crippen molar-refractivity contribution >= 4 is 43.2 Å². The molecule has 0 saturated heterocycles. The third-order valence-corrected chi connectivity index (χ3v) is 4.54. The molecule has 0 aliphatic carbocycles. The summed E-state index contributed by atoms with van der Waals surface area (Å²) in [7, 11) is -3.34. The SMILES string of the molecule is Cc1cccc(NS(=O)(=O)CCCl)c1Br. The molecule has 1 aromatic rings. The van der Waals surface area contributed by atoms with Gasteiger partial charge in [0.2, 0.25) is 10.0 Å². The van der Waals surface area contributed by atoms with E-state index in [-0.39, 0.29) is 11.6 Å². The Morgan fingerprint density at radius 1 is 1.47 bits per heavy atom. The Morgan fingerprint density at radius 2 is 2.13 bits per heavy atom. The Balaban J connectivity index is 2.95. The first-order valence-electron chi connectivity index (χ1n) is 4.28. The van der Waals surface area contributed by atoms with Crippen LogP contribution in [0.2, 0.25) is 0 Å². The molecule has 0 saturated carbocycles. The summed E-state index contributed by atoms with van der Waals surface area (Å²) in [6.07, 6.45) is 0. The number of alkyl halides is 1. The monoisotopic (exact) mass is 311 g/mol. The third kappa shape index (κ3) is 3.66. The minimum Gasteiger partial charge on any atom is -0.282 e. The molecule has 0 fully saturated rings. The molecule has 0 aromatic heterocycles. The summed E-state index contributed by atoms with van der Waals surface area (Å²) in [5, 5.41) is 0. The highest BCUT2D eigenvalue weighted by molar-refractivity contribution is 9.10. The Morgan fingerprint density at radius 3 is 2.73 bits per heavy atom. The topological polar surface area (TPSA) is 46.2 Å². The van der Waals surface area contributed by atoms with Gasteiger partial charge < -0.3 is 0 Å². The maximum Gasteiger partial charge on any atom is 0.233 e. The van der Waals surface area contributed by atoms with Gasteiger partial charge in [0.05, 0.1) is 11.4 Å². The van der Waals surface area contributed by atoms with Gasteiger partial charge in [-0.15, -0.1) is 11.6 Å². The molecule has 0 aliphatic rings. The van der Waals surface area contributed by atoms with Crippen molar-refractivity contribution in [2.24, 2.45) is 0 Å². The molecule has 0 atom stereocenters. The summed E-state index contributed by atoms with van der Waals surface area (Å²) in [6.45, 7) is 1.89. The highest BCUT2D eigenvalue weighted by Gasteiger charge is 2.11. The van der Waals surface area contributed by atoms with Gasteiger partial charge in [-0.2, -0.15) is 0 Å². The number of halogens is 2. The van der Waals surface area contributed by atoms with E-state index < -0.39 is 10.0 Å². The van der Waals surface area contributed by atoms with Crippen molar-refractivity contribution in [2.75, 3.05) is 16.4 Å². The van der Waals surface area contributed by atoms with E-state index in [9.17, 15) is 8.42 Å². The first-order chi connectivity index (χ1) is 6.96. The molecule has 0 radical (unpaired) electrons. The minimum atomic E-state index is -3.34. The van der Waals surface area contributed by atoms with E-state index in [1.807, 2.05) is 13.0 Å². The van der Waals surface area contributed by atoms with E-state index >= 15 is 0 Å². The third-order valence-electron chi connectivity index (χ3n) is 1.80. The van der Waals surface area contributed by atoms with Crippen LogP contribution in [0.4, 0.5) is 5.69 Å². The van der Waals surface area contributed by atoms with Crippen LogP contribution in [0, 0.1) is 6.92 Å². The zero-order valence-corrected chi connectivity index (χ0v) is 11.3. The molecule has 84 valence electrons. The number of hydrogen-bond donors (Lipinski definition) is 1. The molecule has 0 bridgehead atoms. The van der Waals surface area contributed by atoms with Crippen LogP contribution in [0.3, 0.4) is 0 Å². The quantitative estimate of drug-likeness (QED) is 0.869. The molecule has 6 heteroatoms.